The monoisotopic (exact) mass is 382 g/mol. The van der Waals surface area contributed by atoms with Crippen LogP contribution >= 0.6 is 27.5 Å². The minimum atomic E-state index is -4.56. The topological polar surface area (TPSA) is 9.23 Å². The standard InChI is InChI=1S/C14H8BrClF4O/c15-7-8-1-4-13(10(5-8)14(18,19)20)21-9-2-3-12(17)11(16)6-9/h1-6H,7H2. The molecule has 0 unspecified atom stereocenters. The van der Waals surface area contributed by atoms with E-state index >= 15 is 0 Å². The smallest absolute Gasteiger partial charge is 0.419 e. The number of hydrogen-bond acceptors (Lipinski definition) is 1. The Morgan fingerprint density at radius 3 is 2.38 bits per heavy atom. The van der Waals surface area contributed by atoms with Crippen molar-refractivity contribution in [1.29, 1.82) is 0 Å². The van der Waals surface area contributed by atoms with Gasteiger partial charge in [-0.25, -0.2) is 4.39 Å². The van der Waals surface area contributed by atoms with Gasteiger partial charge in [0.25, 0.3) is 0 Å². The SMILES string of the molecule is Fc1ccc(Oc2ccc(CBr)cc2C(F)(F)F)cc1Cl. The zero-order chi connectivity index (χ0) is 15.6. The van der Waals surface area contributed by atoms with Gasteiger partial charge in [-0.15, -0.1) is 0 Å². The summed E-state index contributed by atoms with van der Waals surface area (Å²) < 4.78 is 57.3. The summed E-state index contributed by atoms with van der Waals surface area (Å²) in [6.45, 7) is 0. The van der Waals surface area contributed by atoms with Crippen LogP contribution in [0.15, 0.2) is 36.4 Å². The van der Waals surface area contributed by atoms with Gasteiger partial charge in [-0.05, 0) is 29.8 Å². The minimum absolute atomic E-state index is 0.0264. The molecule has 7 heteroatoms. The first-order valence-electron chi connectivity index (χ1n) is 5.70. The number of halogens is 6. The molecule has 0 atom stereocenters. The molecule has 2 rings (SSSR count). The normalized spacial score (nSPS) is 11.5. The molecule has 2 aromatic rings. The van der Waals surface area contributed by atoms with Crippen LogP contribution in [0.3, 0.4) is 0 Å². The van der Waals surface area contributed by atoms with Crippen molar-refractivity contribution < 1.29 is 22.3 Å². The average molecular weight is 384 g/mol. The molecular formula is C14H8BrClF4O. The predicted octanol–water partition coefficient (Wildman–Crippen LogP) is 6.19. The van der Waals surface area contributed by atoms with Gasteiger partial charge in [-0.2, -0.15) is 13.2 Å². The van der Waals surface area contributed by atoms with Crippen LogP contribution in [0.4, 0.5) is 17.6 Å². The van der Waals surface area contributed by atoms with Crippen LogP contribution in [0.25, 0.3) is 0 Å². The van der Waals surface area contributed by atoms with Crippen LogP contribution in [-0.4, -0.2) is 0 Å². The minimum Gasteiger partial charge on any atom is -0.457 e. The van der Waals surface area contributed by atoms with E-state index in [2.05, 4.69) is 15.9 Å². The van der Waals surface area contributed by atoms with E-state index in [9.17, 15) is 17.6 Å². The van der Waals surface area contributed by atoms with Gasteiger partial charge in [0.1, 0.15) is 17.3 Å². The molecule has 0 aromatic heterocycles. The van der Waals surface area contributed by atoms with Gasteiger partial charge in [0.15, 0.2) is 0 Å². The maximum atomic E-state index is 13.0. The molecule has 2 aromatic carbocycles. The van der Waals surface area contributed by atoms with Crippen LogP contribution in [0, 0.1) is 5.82 Å². The maximum Gasteiger partial charge on any atom is 0.419 e. The molecule has 0 saturated heterocycles. The van der Waals surface area contributed by atoms with Crippen LogP contribution < -0.4 is 4.74 Å². The molecule has 0 N–H and O–H groups in total. The maximum absolute atomic E-state index is 13.0. The van der Waals surface area contributed by atoms with Crippen LogP contribution in [0.5, 0.6) is 11.5 Å². The van der Waals surface area contributed by atoms with Crippen molar-refractivity contribution >= 4 is 27.5 Å². The van der Waals surface area contributed by atoms with Crippen molar-refractivity contribution in [2.24, 2.45) is 0 Å². The first-order valence-corrected chi connectivity index (χ1v) is 7.20. The largest absolute Gasteiger partial charge is 0.457 e. The Hall–Kier alpha value is -1.27. The van der Waals surface area contributed by atoms with E-state index in [4.69, 9.17) is 16.3 Å². The number of benzene rings is 2. The van der Waals surface area contributed by atoms with E-state index in [1.165, 1.54) is 18.2 Å². The van der Waals surface area contributed by atoms with E-state index in [0.717, 1.165) is 18.2 Å². The van der Waals surface area contributed by atoms with Crippen molar-refractivity contribution in [1.82, 2.24) is 0 Å². The van der Waals surface area contributed by atoms with Crippen LogP contribution in [0.2, 0.25) is 5.02 Å². The summed E-state index contributed by atoms with van der Waals surface area (Å²) in [5.74, 6) is -1.01. The molecule has 1 nitrogen and oxygen atoms in total. The molecule has 0 aliphatic carbocycles. The van der Waals surface area contributed by atoms with Gasteiger partial charge in [-0.3, -0.25) is 0 Å². The highest BCUT2D eigenvalue weighted by atomic mass is 79.9. The fourth-order valence-corrected chi connectivity index (χ4v) is 2.16. The van der Waals surface area contributed by atoms with Crippen molar-refractivity contribution in [2.75, 3.05) is 0 Å². The lowest BCUT2D eigenvalue weighted by Gasteiger charge is -2.15. The van der Waals surface area contributed by atoms with Crippen LogP contribution in [0.1, 0.15) is 11.1 Å². The van der Waals surface area contributed by atoms with Gasteiger partial charge in [0.05, 0.1) is 10.6 Å². The second-order valence-corrected chi connectivity index (χ2v) is 5.11. The average Bonchev–Trinajstić information content (AvgIpc) is 2.42. The van der Waals surface area contributed by atoms with E-state index in [1.807, 2.05) is 0 Å². The van der Waals surface area contributed by atoms with Gasteiger partial charge in [0, 0.05) is 11.4 Å². The Bertz CT molecular complexity index is 658. The Morgan fingerprint density at radius 1 is 1.10 bits per heavy atom. The molecule has 0 radical (unpaired) electrons. The zero-order valence-electron chi connectivity index (χ0n) is 10.3. The van der Waals surface area contributed by atoms with E-state index in [0.29, 0.717) is 10.9 Å². The van der Waals surface area contributed by atoms with Crippen LogP contribution in [-0.2, 0) is 11.5 Å². The molecule has 112 valence electrons. The van der Waals surface area contributed by atoms with Gasteiger partial charge >= 0.3 is 6.18 Å². The van der Waals surface area contributed by atoms with Gasteiger partial charge in [-0.1, -0.05) is 33.6 Å². The van der Waals surface area contributed by atoms with E-state index in [1.54, 1.807) is 0 Å². The lowest BCUT2D eigenvalue weighted by Crippen LogP contribution is -2.07. The molecule has 0 aliphatic rings. The molecule has 0 saturated carbocycles. The highest BCUT2D eigenvalue weighted by Gasteiger charge is 2.34. The molecule has 21 heavy (non-hydrogen) atoms. The summed E-state index contributed by atoms with van der Waals surface area (Å²) in [6, 6.07) is 7.07. The molecule has 0 bridgehead atoms. The Kier molecular flexibility index (Phi) is 4.78. The highest BCUT2D eigenvalue weighted by Crippen LogP contribution is 2.39. The van der Waals surface area contributed by atoms with Crippen molar-refractivity contribution in [3.63, 3.8) is 0 Å². The molecular weight excluding hydrogens is 376 g/mol. The Labute approximate surface area is 131 Å². The molecule has 0 heterocycles. The summed E-state index contributed by atoms with van der Waals surface area (Å²) >= 11 is 8.67. The predicted molar refractivity (Wildman–Crippen MR) is 75.6 cm³/mol. The Balaban J connectivity index is 2.41. The number of ether oxygens (including phenoxy) is 1. The third kappa shape index (κ3) is 3.89. The zero-order valence-corrected chi connectivity index (χ0v) is 12.7. The third-order valence-corrected chi connectivity index (χ3v) is 3.56. The third-order valence-electron chi connectivity index (χ3n) is 2.62. The molecule has 0 spiro atoms. The second-order valence-electron chi connectivity index (χ2n) is 4.14. The second kappa shape index (κ2) is 6.23. The Morgan fingerprint density at radius 2 is 1.81 bits per heavy atom. The van der Waals surface area contributed by atoms with Crippen molar-refractivity contribution in [3.8, 4) is 11.5 Å². The quantitative estimate of drug-likeness (QED) is 0.454. The summed E-state index contributed by atoms with van der Waals surface area (Å²) in [5, 5.41) is 0.0665. The lowest BCUT2D eigenvalue weighted by molar-refractivity contribution is -0.138. The fourth-order valence-electron chi connectivity index (χ4n) is 1.64. The molecule has 0 aliphatic heterocycles. The van der Waals surface area contributed by atoms with E-state index < -0.39 is 17.6 Å². The highest BCUT2D eigenvalue weighted by molar-refractivity contribution is 9.08. The number of rotatable bonds is 3. The summed E-state index contributed by atoms with van der Waals surface area (Å²) in [5.41, 5.74) is -0.438. The lowest BCUT2D eigenvalue weighted by atomic mass is 10.1. The molecule has 0 amide bonds. The summed E-state index contributed by atoms with van der Waals surface area (Å²) in [4.78, 5) is 0. The summed E-state index contributed by atoms with van der Waals surface area (Å²) in [6.07, 6.45) is -4.56. The van der Waals surface area contributed by atoms with E-state index in [-0.39, 0.29) is 16.5 Å². The fraction of sp³-hybridized carbons (Fsp3) is 0.143. The van der Waals surface area contributed by atoms with Crippen molar-refractivity contribution in [3.05, 3.63) is 58.4 Å². The first kappa shape index (κ1) is 16.1. The van der Waals surface area contributed by atoms with Gasteiger partial charge < -0.3 is 4.74 Å². The summed E-state index contributed by atoms with van der Waals surface area (Å²) in [7, 11) is 0. The van der Waals surface area contributed by atoms with Crippen molar-refractivity contribution in [2.45, 2.75) is 11.5 Å². The van der Waals surface area contributed by atoms with Gasteiger partial charge in [0.2, 0.25) is 0 Å². The number of hydrogen-bond donors (Lipinski definition) is 0. The first-order chi connectivity index (χ1) is 9.81. The molecule has 0 fully saturated rings. The number of alkyl halides is 4.